The standard InChI is InChI=1S/C15H14ClNO3S/c1-10-3-8-13(21(2,19)20)9-14(10)17-15(18)11-4-6-12(16)7-5-11/h3-9H,1-2H3,(H,17,18). The fourth-order valence-corrected chi connectivity index (χ4v) is 2.54. The maximum absolute atomic E-state index is 12.1. The van der Waals surface area contributed by atoms with Gasteiger partial charge in [-0.3, -0.25) is 4.79 Å². The molecule has 2 aromatic carbocycles. The van der Waals surface area contributed by atoms with E-state index in [9.17, 15) is 13.2 Å². The second-order valence-electron chi connectivity index (χ2n) is 4.71. The highest BCUT2D eigenvalue weighted by atomic mass is 35.5. The third-order valence-corrected chi connectivity index (χ3v) is 4.35. The molecule has 4 nitrogen and oxygen atoms in total. The first-order valence-corrected chi connectivity index (χ1v) is 8.42. The molecule has 0 aliphatic rings. The van der Waals surface area contributed by atoms with Crippen molar-refractivity contribution in [2.75, 3.05) is 11.6 Å². The fourth-order valence-electron chi connectivity index (χ4n) is 1.76. The molecule has 0 aromatic heterocycles. The van der Waals surface area contributed by atoms with Crippen molar-refractivity contribution in [3.8, 4) is 0 Å². The number of amides is 1. The van der Waals surface area contributed by atoms with Gasteiger partial charge >= 0.3 is 0 Å². The van der Waals surface area contributed by atoms with Gasteiger partial charge in [0.1, 0.15) is 0 Å². The molecule has 0 fully saturated rings. The zero-order chi connectivity index (χ0) is 15.6. The molecule has 6 heteroatoms. The number of halogens is 1. The van der Waals surface area contributed by atoms with Crippen LogP contribution in [-0.4, -0.2) is 20.6 Å². The fraction of sp³-hybridized carbons (Fsp3) is 0.133. The van der Waals surface area contributed by atoms with E-state index in [1.807, 2.05) is 0 Å². The smallest absolute Gasteiger partial charge is 0.255 e. The van der Waals surface area contributed by atoms with E-state index in [-0.39, 0.29) is 10.8 Å². The van der Waals surface area contributed by atoms with Gasteiger partial charge in [0, 0.05) is 22.5 Å². The highest BCUT2D eigenvalue weighted by molar-refractivity contribution is 7.90. The zero-order valence-electron chi connectivity index (χ0n) is 11.6. The van der Waals surface area contributed by atoms with E-state index in [0.29, 0.717) is 16.3 Å². The lowest BCUT2D eigenvalue weighted by Gasteiger charge is -2.10. The van der Waals surface area contributed by atoms with Crippen molar-refractivity contribution in [3.63, 3.8) is 0 Å². The molecule has 2 aromatic rings. The lowest BCUT2D eigenvalue weighted by atomic mass is 10.1. The maximum atomic E-state index is 12.1. The minimum absolute atomic E-state index is 0.166. The molecule has 110 valence electrons. The van der Waals surface area contributed by atoms with Crippen LogP contribution in [0.5, 0.6) is 0 Å². The number of carbonyl (C=O) groups is 1. The highest BCUT2D eigenvalue weighted by Gasteiger charge is 2.12. The van der Waals surface area contributed by atoms with Crippen LogP contribution in [0.25, 0.3) is 0 Å². The summed E-state index contributed by atoms with van der Waals surface area (Å²) in [5, 5.41) is 3.26. The Bertz CT molecular complexity index is 783. The van der Waals surface area contributed by atoms with Crippen LogP contribution in [0.2, 0.25) is 5.02 Å². The molecule has 0 radical (unpaired) electrons. The summed E-state index contributed by atoms with van der Waals surface area (Å²) in [6.07, 6.45) is 1.13. The summed E-state index contributed by atoms with van der Waals surface area (Å²) in [5.41, 5.74) is 1.70. The predicted molar refractivity (Wildman–Crippen MR) is 83.7 cm³/mol. The van der Waals surface area contributed by atoms with Crippen molar-refractivity contribution in [3.05, 3.63) is 58.6 Å². The number of aryl methyl sites for hydroxylation is 1. The molecule has 0 unspecified atom stereocenters. The second-order valence-corrected chi connectivity index (χ2v) is 7.16. The van der Waals surface area contributed by atoms with Gasteiger partial charge in [-0.15, -0.1) is 0 Å². The van der Waals surface area contributed by atoms with E-state index in [0.717, 1.165) is 11.8 Å². The van der Waals surface area contributed by atoms with E-state index in [2.05, 4.69) is 5.32 Å². The lowest BCUT2D eigenvalue weighted by molar-refractivity contribution is 0.102. The second kappa shape index (κ2) is 5.87. The number of rotatable bonds is 3. The molecular weight excluding hydrogens is 310 g/mol. The average Bonchev–Trinajstić information content (AvgIpc) is 2.40. The summed E-state index contributed by atoms with van der Waals surface area (Å²) in [4.78, 5) is 12.3. The van der Waals surface area contributed by atoms with Crippen molar-refractivity contribution in [1.29, 1.82) is 0 Å². The quantitative estimate of drug-likeness (QED) is 0.942. The molecular formula is C15H14ClNO3S. The van der Waals surface area contributed by atoms with E-state index >= 15 is 0 Å². The molecule has 2 rings (SSSR count). The molecule has 1 amide bonds. The van der Waals surface area contributed by atoms with Gasteiger partial charge in [0.25, 0.3) is 5.91 Å². The van der Waals surface area contributed by atoms with Crippen LogP contribution < -0.4 is 5.32 Å². The Hall–Kier alpha value is -1.85. The topological polar surface area (TPSA) is 63.2 Å². The first-order chi connectivity index (χ1) is 9.77. The van der Waals surface area contributed by atoms with Crippen LogP contribution in [0.4, 0.5) is 5.69 Å². The Labute approximate surface area is 128 Å². The van der Waals surface area contributed by atoms with Gasteiger partial charge < -0.3 is 5.32 Å². The van der Waals surface area contributed by atoms with Crippen molar-refractivity contribution >= 4 is 33.0 Å². The van der Waals surface area contributed by atoms with Gasteiger partial charge in [-0.2, -0.15) is 0 Å². The summed E-state index contributed by atoms with van der Waals surface area (Å²) in [7, 11) is -3.32. The Morgan fingerprint density at radius 2 is 1.71 bits per heavy atom. The van der Waals surface area contributed by atoms with Crippen LogP contribution in [0.15, 0.2) is 47.4 Å². The summed E-state index contributed by atoms with van der Waals surface area (Å²) in [6.45, 7) is 1.80. The average molecular weight is 324 g/mol. The molecule has 1 N–H and O–H groups in total. The Balaban J connectivity index is 2.31. The van der Waals surface area contributed by atoms with Gasteiger partial charge in [0.05, 0.1) is 4.90 Å². The summed E-state index contributed by atoms with van der Waals surface area (Å²) in [6, 6.07) is 11.1. The molecule has 21 heavy (non-hydrogen) atoms. The van der Waals surface area contributed by atoms with Gasteiger partial charge in [-0.1, -0.05) is 17.7 Å². The van der Waals surface area contributed by atoms with Crippen molar-refractivity contribution in [2.45, 2.75) is 11.8 Å². The van der Waals surface area contributed by atoms with E-state index in [1.54, 1.807) is 37.3 Å². The first-order valence-electron chi connectivity index (χ1n) is 6.15. The molecule has 0 spiro atoms. The summed E-state index contributed by atoms with van der Waals surface area (Å²) >= 11 is 5.77. The monoisotopic (exact) mass is 323 g/mol. The number of sulfone groups is 1. The Morgan fingerprint density at radius 1 is 1.10 bits per heavy atom. The molecule has 0 aliphatic heterocycles. The number of carbonyl (C=O) groups excluding carboxylic acids is 1. The largest absolute Gasteiger partial charge is 0.322 e. The van der Waals surface area contributed by atoms with E-state index in [1.165, 1.54) is 12.1 Å². The number of benzene rings is 2. The number of hydrogen-bond donors (Lipinski definition) is 1. The van der Waals surface area contributed by atoms with Gasteiger partial charge in [0.2, 0.25) is 0 Å². The van der Waals surface area contributed by atoms with Crippen molar-refractivity contribution in [2.24, 2.45) is 0 Å². The van der Waals surface area contributed by atoms with Crippen molar-refractivity contribution < 1.29 is 13.2 Å². The minimum atomic E-state index is -3.32. The van der Waals surface area contributed by atoms with Crippen LogP contribution in [0.1, 0.15) is 15.9 Å². The Kier molecular flexibility index (Phi) is 4.34. The zero-order valence-corrected chi connectivity index (χ0v) is 13.1. The third kappa shape index (κ3) is 3.83. The highest BCUT2D eigenvalue weighted by Crippen LogP contribution is 2.21. The van der Waals surface area contributed by atoms with E-state index in [4.69, 9.17) is 11.6 Å². The van der Waals surface area contributed by atoms with Crippen LogP contribution >= 0.6 is 11.6 Å². The van der Waals surface area contributed by atoms with Gasteiger partial charge in [-0.25, -0.2) is 8.42 Å². The number of anilines is 1. The lowest BCUT2D eigenvalue weighted by Crippen LogP contribution is -2.13. The molecule has 0 atom stereocenters. The van der Waals surface area contributed by atoms with Gasteiger partial charge in [0.15, 0.2) is 9.84 Å². The molecule has 0 heterocycles. The molecule has 0 saturated carbocycles. The van der Waals surface area contributed by atoms with Crippen molar-refractivity contribution in [1.82, 2.24) is 0 Å². The first kappa shape index (κ1) is 15.5. The predicted octanol–water partition coefficient (Wildman–Crippen LogP) is 3.30. The summed E-state index contributed by atoms with van der Waals surface area (Å²) < 4.78 is 23.1. The number of hydrogen-bond acceptors (Lipinski definition) is 3. The molecule has 0 aliphatic carbocycles. The molecule has 0 saturated heterocycles. The van der Waals surface area contributed by atoms with Gasteiger partial charge in [-0.05, 0) is 48.9 Å². The van der Waals surface area contributed by atoms with Crippen LogP contribution in [-0.2, 0) is 9.84 Å². The Morgan fingerprint density at radius 3 is 2.29 bits per heavy atom. The van der Waals surface area contributed by atoms with Crippen LogP contribution in [0.3, 0.4) is 0 Å². The SMILES string of the molecule is Cc1ccc(S(C)(=O)=O)cc1NC(=O)c1ccc(Cl)cc1. The normalized spacial score (nSPS) is 11.2. The third-order valence-electron chi connectivity index (χ3n) is 2.99. The minimum Gasteiger partial charge on any atom is -0.322 e. The maximum Gasteiger partial charge on any atom is 0.255 e. The van der Waals surface area contributed by atoms with Crippen LogP contribution in [0, 0.1) is 6.92 Å². The number of nitrogens with one attached hydrogen (secondary N) is 1. The molecule has 0 bridgehead atoms. The van der Waals surface area contributed by atoms with E-state index < -0.39 is 9.84 Å². The summed E-state index contributed by atoms with van der Waals surface area (Å²) in [5.74, 6) is -0.319.